The third kappa shape index (κ3) is 9.16. The molecule has 18 nitrogen and oxygen atoms in total. The average Bonchev–Trinajstić information content (AvgIpc) is 3.22. The van der Waals surface area contributed by atoms with Gasteiger partial charge in [-0.25, -0.2) is 69.8 Å². The lowest BCUT2D eigenvalue weighted by Gasteiger charge is -1.90. The summed E-state index contributed by atoms with van der Waals surface area (Å²) in [6.07, 6.45) is 30.7. The summed E-state index contributed by atoms with van der Waals surface area (Å²) in [5.74, 6) is 0. The second kappa shape index (κ2) is 17.2. The minimum absolute atomic E-state index is 0.588. The predicted molar refractivity (Wildman–Crippen MR) is 180 cm³/mol. The van der Waals surface area contributed by atoms with Crippen molar-refractivity contribution in [2.45, 2.75) is 0 Å². The molecule has 18 heteroatoms. The lowest BCUT2D eigenvalue weighted by molar-refractivity contribution is 1.13. The zero-order valence-corrected chi connectivity index (χ0v) is 25.8. The molecule has 0 saturated heterocycles. The number of rotatable bonds is 0. The van der Waals surface area contributed by atoms with Gasteiger partial charge < -0.3 is 0 Å². The molecule has 0 N–H and O–H groups in total. The van der Waals surface area contributed by atoms with Crippen molar-refractivity contribution in [2.75, 3.05) is 0 Å². The van der Waals surface area contributed by atoms with E-state index in [4.69, 9.17) is 0 Å². The van der Waals surface area contributed by atoms with Crippen molar-refractivity contribution in [3.05, 3.63) is 136 Å². The molecule has 0 unspecified atom stereocenters. The highest BCUT2D eigenvalue weighted by atomic mass is 15.0. The van der Waals surface area contributed by atoms with Crippen molar-refractivity contribution >= 4 is 55.6 Å². The van der Waals surface area contributed by atoms with Crippen molar-refractivity contribution < 1.29 is 0 Å². The molecule has 0 fully saturated rings. The summed E-state index contributed by atoms with van der Waals surface area (Å²) >= 11 is 0. The molecule has 50 heavy (non-hydrogen) atoms. The van der Waals surface area contributed by atoms with Crippen molar-refractivity contribution in [3.8, 4) is 0 Å². The Labute approximate surface area is 281 Å². The zero-order chi connectivity index (χ0) is 34.1. The summed E-state index contributed by atoms with van der Waals surface area (Å²) in [5.41, 5.74) is 6.67. The number of pyridine rings is 2. The van der Waals surface area contributed by atoms with Crippen LogP contribution in [0.25, 0.3) is 55.6 Å². The minimum atomic E-state index is 0.588. The van der Waals surface area contributed by atoms with Gasteiger partial charge in [-0.05, 0) is 18.2 Å². The standard InChI is InChI=1S/2C7H5N3.3C6H4N4/c1-2-8-5-7-6(1)9-3-4-10-7;1-2-6-7(9-3-1)10-5-4-8-6;1-5-6(10-3-7-1)2-8-4-9-5;1-5-2-8-4-10-6(5)9-3-7-1;1-2-8-6-5(7-1)9-3-4-10-6/h2*1-5H;3*1-4H. The second-order valence-electron chi connectivity index (χ2n) is 9.22. The Morgan fingerprint density at radius 1 is 0.260 bits per heavy atom. The summed E-state index contributed by atoms with van der Waals surface area (Å²) in [6.45, 7) is 0. The maximum Gasteiger partial charge on any atom is 0.197 e. The fraction of sp³-hybridized carbons (Fsp3) is 0. The molecule has 0 saturated carbocycles. The zero-order valence-electron chi connectivity index (χ0n) is 25.8. The largest absolute Gasteiger partial charge is 0.262 e. The Morgan fingerprint density at radius 3 is 1.26 bits per heavy atom. The molecule has 0 radical (unpaired) electrons. The van der Waals surface area contributed by atoms with Crippen LogP contribution >= 0.6 is 0 Å². The maximum atomic E-state index is 4.08. The van der Waals surface area contributed by atoms with E-state index in [0.29, 0.717) is 22.6 Å². The Balaban J connectivity index is 0.000000108. The molecule has 10 aromatic rings. The Kier molecular flexibility index (Phi) is 11.1. The van der Waals surface area contributed by atoms with Gasteiger partial charge in [0.1, 0.15) is 47.4 Å². The third-order valence-corrected chi connectivity index (χ3v) is 6.00. The van der Waals surface area contributed by atoms with Gasteiger partial charge in [-0.3, -0.25) is 19.9 Å². The summed E-state index contributed by atoms with van der Waals surface area (Å²) in [5, 5.41) is 0.866. The molecule has 0 aliphatic heterocycles. The molecule has 0 aromatic carbocycles. The molecule has 240 valence electrons. The Morgan fingerprint density at radius 2 is 0.700 bits per heavy atom. The summed E-state index contributed by atoms with van der Waals surface area (Å²) in [7, 11) is 0. The van der Waals surface area contributed by atoms with Gasteiger partial charge >= 0.3 is 0 Å². The van der Waals surface area contributed by atoms with E-state index in [1.54, 1.807) is 93.0 Å². The van der Waals surface area contributed by atoms with Gasteiger partial charge in [0.2, 0.25) is 0 Å². The first-order chi connectivity index (χ1) is 24.8. The minimum Gasteiger partial charge on any atom is -0.262 e. The highest BCUT2D eigenvalue weighted by Gasteiger charge is 1.93. The van der Waals surface area contributed by atoms with Crippen LogP contribution in [0.3, 0.4) is 0 Å². The summed E-state index contributed by atoms with van der Waals surface area (Å²) in [4.78, 5) is 70.9. The van der Waals surface area contributed by atoms with Gasteiger partial charge in [0.25, 0.3) is 0 Å². The summed E-state index contributed by atoms with van der Waals surface area (Å²) < 4.78 is 0. The van der Waals surface area contributed by atoms with Crippen molar-refractivity contribution in [1.82, 2.24) is 89.7 Å². The normalized spacial score (nSPS) is 10.0. The quantitative estimate of drug-likeness (QED) is 0.227. The van der Waals surface area contributed by atoms with Crippen molar-refractivity contribution in [1.29, 1.82) is 0 Å². The van der Waals surface area contributed by atoms with Crippen LogP contribution in [-0.4, -0.2) is 89.7 Å². The Bertz CT molecular complexity index is 1820. The van der Waals surface area contributed by atoms with Crippen molar-refractivity contribution in [3.63, 3.8) is 0 Å². The smallest absolute Gasteiger partial charge is 0.197 e. The van der Waals surface area contributed by atoms with E-state index in [1.807, 2.05) is 18.2 Å². The van der Waals surface area contributed by atoms with Crippen molar-refractivity contribution in [2.24, 2.45) is 0 Å². The van der Waals surface area contributed by atoms with Gasteiger partial charge in [0.05, 0.1) is 29.5 Å². The number of nitrogens with zero attached hydrogens (tertiary/aromatic N) is 18. The van der Waals surface area contributed by atoms with Crippen LogP contribution in [0.5, 0.6) is 0 Å². The lowest BCUT2D eigenvalue weighted by atomic mass is 10.4. The molecule has 10 aromatic heterocycles. The van der Waals surface area contributed by atoms with Crippen LogP contribution in [0.2, 0.25) is 0 Å². The first kappa shape index (κ1) is 32.2. The van der Waals surface area contributed by atoms with Gasteiger partial charge in [0.15, 0.2) is 22.6 Å². The van der Waals surface area contributed by atoms with Gasteiger partial charge in [-0.1, -0.05) is 0 Å². The molecule has 0 aliphatic carbocycles. The van der Waals surface area contributed by atoms with E-state index >= 15 is 0 Å². The highest BCUT2D eigenvalue weighted by Crippen LogP contribution is 2.03. The highest BCUT2D eigenvalue weighted by molar-refractivity contribution is 5.72. The van der Waals surface area contributed by atoms with Crippen LogP contribution < -0.4 is 0 Å². The molecular weight excluding hydrogens is 636 g/mol. The number of fused-ring (bicyclic) bond motifs is 5. The van der Waals surface area contributed by atoms with E-state index in [1.165, 1.54) is 25.3 Å². The van der Waals surface area contributed by atoms with Gasteiger partial charge in [-0.15, -0.1) is 0 Å². The molecule has 10 rings (SSSR count). The SMILES string of the molecule is c1cc2nccnc2cn1.c1cnc2nccnc2c1.c1cnc2nccnc2n1.c1ncc2cncnc2n1.c1ncc2ncncc2n1. The fourth-order valence-corrected chi connectivity index (χ4v) is 3.80. The molecule has 0 atom stereocenters. The molecule has 0 bridgehead atoms. The molecule has 10 heterocycles. The first-order valence-corrected chi connectivity index (χ1v) is 14.4. The predicted octanol–water partition coefficient (Wildman–Crippen LogP) is 3.31. The van der Waals surface area contributed by atoms with Crippen LogP contribution in [0.1, 0.15) is 0 Å². The van der Waals surface area contributed by atoms with Gasteiger partial charge in [-0.2, -0.15) is 0 Å². The lowest BCUT2D eigenvalue weighted by Crippen LogP contribution is -1.87. The molecule has 0 amide bonds. The van der Waals surface area contributed by atoms with E-state index in [0.717, 1.165) is 33.0 Å². The maximum absolute atomic E-state index is 4.08. The second-order valence-corrected chi connectivity index (χ2v) is 9.22. The number of aromatic nitrogens is 18. The van der Waals surface area contributed by atoms with Crippen LogP contribution in [0.15, 0.2) is 136 Å². The average molecular weight is 659 g/mol. The molecular formula is C32H22N18. The summed E-state index contributed by atoms with van der Waals surface area (Å²) in [6, 6.07) is 5.56. The Hall–Kier alpha value is -7.76. The molecule has 0 spiro atoms. The number of hydrogen-bond acceptors (Lipinski definition) is 18. The number of hydrogen-bond donors (Lipinski definition) is 0. The van der Waals surface area contributed by atoms with Crippen LogP contribution in [0.4, 0.5) is 0 Å². The van der Waals surface area contributed by atoms with Crippen LogP contribution in [0, 0.1) is 0 Å². The van der Waals surface area contributed by atoms with Crippen LogP contribution in [-0.2, 0) is 0 Å². The van der Waals surface area contributed by atoms with E-state index in [2.05, 4.69) is 89.7 Å². The molecule has 0 aliphatic rings. The first-order valence-electron chi connectivity index (χ1n) is 14.4. The fourth-order valence-electron chi connectivity index (χ4n) is 3.80. The topological polar surface area (TPSA) is 232 Å². The van der Waals surface area contributed by atoms with Gasteiger partial charge in [0, 0.05) is 74.4 Å². The van der Waals surface area contributed by atoms with E-state index in [9.17, 15) is 0 Å². The van der Waals surface area contributed by atoms with E-state index < -0.39 is 0 Å². The van der Waals surface area contributed by atoms with E-state index in [-0.39, 0.29) is 0 Å². The third-order valence-electron chi connectivity index (χ3n) is 6.00. The monoisotopic (exact) mass is 658 g/mol.